The number of likely N-dealkylation sites (N-methyl/N-ethyl adjacent to an activating group) is 1. The summed E-state index contributed by atoms with van der Waals surface area (Å²) in [7, 11) is 2.16. The van der Waals surface area contributed by atoms with Crippen LogP contribution in [0.25, 0.3) is 0 Å². The van der Waals surface area contributed by atoms with Gasteiger partial charge in [-0.05, 0) is 50.6 Å². The lowest BCUT2D eigenvalue weighted by atomic mass is 9.81. The first-order valence-electron chi connectivity index (χ1n) is 5.86. The van der Waals surface area contributed by atoms with Crippen LogP contribution in [-0.2, 0) is 5.54 Å². The highest BCUT2D eigenvalue weighted by atomic mass is 35.5. The number of halogens is 1. The molecule has 1 aliphatic rings. The summed E-state index contributed by atoms with van der Waals surface area (Å²) in [6.45, 7) is 1.77. The molecule has 1 fully saturated rings. The Hall–Kier alpha value is -0.570. The second-order valence-electron chi connectivity index (χ2n) is 4.62. The van der Waals surface area contributed by atoms with E-state index in [-0.39, 0.29) is 5.54 Å². The standard InChI is InChI=1S/C13H19ClN2/c1-16-8-3-2-7-13(16,10-15)11-5-4-6-12(14)9-11/h4-6,9H,2-3,7-8,10,15H2,1H3. The Kier molecular flexibility index (Phi) is 3.53. The van der Waals surface area contributed by atoms with Crippen LogP contribution >= 0.6 is 11.6 Å². The summed E-state index contributed by atoms with van der Waals surface area (Å²) < 4.78 is 0. The molecule has 0 spiro atoms. The van der Waals surface area contributed by atoms with Crippen molar-refractivity contribution in [2.24, 2.45) is 5.73 Å². The molecule has 0 amide bonds. The van der Waals surface area contributed by atoms with E-state index < -0.39 is 0 Å². The fraction of sp³-hybridized carbons (Fsp3) is 0.538. The Morgan fingerprint density at radius 1 is 1.44 bits per heavy atom. The lowest BCUT2D eigenvalue weighted by Crippen LogP contribution is -2.52. The smallest absolute Gasteiger partial charge is 0.0581 e. The molecular weight excluding hydrogens is 220 g/mol. The van der Waals surface area contributed by atoms with Crippen molar-refractivity contribution in [3.05, 3.63) is 34.9 Å². The largest absolute Gasteiger partial charge is 0.328 e. The highest BCUT2D eigenvalue weighted by molar-refractivity contribution is 6.30. The molecule has 2 rings (SSSR count). The monoisotopic (exact) mass is 238 g/mol. The van der Waals surface area contributed by atoms with Crippen LogP contribution in [0, 0.1) is 0 Å². The van der Waals surface area contributed by atoms with Crippen molar-refractivity contribution in [2.75, 3.05) is 20.1 Å². The molecule has 0 bridgehead atoms. The number of piperidine rings is 1. The number of rotatable bonds is 2. The first kappa shape index (κ1) is 11.9. The Labute approximate surface area is 102 Å². The quantitative estimate of drug-likeness (QED) is 0.858. The molecule has 1 aromatic rings. The Bertz CT molecular complexity index is 367. The zero-order valence-corrected chi connectivity index (χ0v) is 10.5. The number of hydrogen-bond donors (Lipinski definition) is 1. The third kappa shape index (κ3) is 1.97. The van der Waals surface area contributed by atoms with Crippen LogP contribution < -0.4 is 5.73 Å². The molecule has 2 nitrogen and oxygen atoms in total. The minimum Gasteiger partial charge on any atom is -0.328 e. The van der Waals surface area contributed by atoms with E-state index >= 15 is 0 Å². The summed E-state index contributed by atoms with van der Waals surface area (Å²) in [5, 5.41) is 0.796. The van der Waals surface area contributed by atoms with Crippen molar-refractivity contribution in [2.45, 2.75) is 24.8 Å². The maximum absolute atomic E-state index is 6.07. The van der Waals surface area contributed by atoms with E-state index in [4.69, 9.17) is 17.3 Å². The SMILES string of the molecule is CN1CCCCC1(CN)c1cccc(Cl)c1. The van der Waals surface area contributed by atoms with Crippen molar-refractivity contribution in [1.29, 1.82) is 0 Å². The van der Waals surface area contributed by atoms with Gasteiger partial charge in [-0.1, -0.05) is 23.7 Å². The van der Waals surface area contributed by atoms with Gasteiger partial charge in [0.1, 0.15) is 0 Å². The lowest BCUT2D eigenvalue weighted by Gasteiger charge is -2.45. The van der Waals surface area contributed by atoms with Crippen molar-refractivity contribution in [3.63, 3.8) is 0 Å². The predicted octanol–water partition coefficient (Wildman–Crippen LogP) is 2.61. The molecule has 1 aliphatic heterocycles. The average Bonchev–Trinajstić information content (AvgIpc) is 2.30. The third-order valence-corrected chi connectivity index (χ3v) is 4.00. The number of likely N-dealkylation sites (tertiary alicyclic amines) is 1. The molecule has 2 N–H and O–H groups in total. The summed E-state index contributed by atoms with van der Waals surface area (Å²) in [5.41, 5.74) is 7.27. The predicted molar refractivity (Wildman–Crippen MR) is 68.7 cm³/mol. The molecule has 0 aliphatic carbocycles. The minimum atomic E-state index is -0.0108. The molecule has 0 saturated carbocycles. The fourth-order valence-corrected chi connectivity index (χ4v) is 2.88. The molecule has 1 aromatic carbocycles. The Morgan fingerprint density at radius 3 is 2.88 bits per heavy atom. The van der Waals surface area contributed by atoms with E-state index in [2.05, 4.69) is 24.1 Å². The van der Waals surface area contributed by atoms with Crippen LogP contribution in [-0.4, -0.2) is 25.0 Å². The van der Waals surface area contributed by atoms with E-state index in [1.165, 1.54) is 18.4 Å². The molecule has 1 heterocycles. The van der Waals surface area contributed by atoms with E-state index in [0.29, 0.717) is 6.54 Å². The van der Waals surface area contributed by atoms with Crippen LogP contribution in [0.1, 0.15) is 24.8 Å². The Balaban J connectivity index is 2.40. The first-order chi connectivity index (χ1) is 7.69. The van der Waals surface area contributed by atoms with Gasteiger partial charge in [-0.2, -0.15) is 0 Å². The molecule has 0 radical (unpaired) electrons. The van der Waals surface area contributed by atoms with Crippen molar-refractivity contribution in [3.8, 4) is 0 Å². The second kappa shape index (κ2) is 4.74. The molecular formula is C13H19ClN2. The number of hydrogen-bond acceptors (Lipinski definition) is 2. The minimum absolute atomic E-state index is 0.0108. The highest BCUT2D eigenvalue weighted by Gasteiger charge is 2.36. The van der Waals surface area contributed by atoms with Crippen LogP contribution in [0.15, 0.2) is 24.3 Å². The number of nitrogens with zero attached hydrogens (tertiary/aromatic N) is 1. The number of nitrogens with two attached hydrogens (primary N) is 1. The molecule has 16 heavy (non-hydrogen) atoms. The average molecular weight is 239 g/mol. The van der Waals surface area contributed by atoms with Crippen molar-refractivity contribution < 1.29 is 0 Å². The topological polar surface area (TPSA) is 29.3 Å². The molecule has 3 heteroatoms. The van der Waals surface area contributed by atoms with Gasteiger partial charge in [0.25, 0.3) is 0 Å². The molecule has 0 aromatic heterocycles. The highest BCUT2D eigenvalue weighted by Crippen LogP contribution is 2.36. The van der Waals surface area contributed by atoms with Crippen molar-refractivity contribution >= 4 is 11.6 Å². The third-order valence-electron chi connectivity index (χ3n) is 3.76. The fourth-order valence-electron chi connectivity index (χ4n) is 2.69. The van der Waals surface area contributed by atoms with Gasteiger partial charge in [-0.15, -0.1) is 0 Å². The maximum atomic E-state index is 6.07. The van der Waals surface area contributed by atoms with Gasteiger partial charge in [0, 0.05) is 11.6 Å². The summed E-state index contributed by atoms with van der Waals surface area (Å²) in [6.07, 6.45) is 3.63. The van der Waals surface area contributed by atoms with E-state index in [1.54, 1.807) is 0 Å². The molecule has 1 atom stereocenters. The van der Waals surface area contributed by atoms with Crippen LogP contribution in [0.5, 0.6) is 0 Å². The van der Waals surface area contributed by atoms with Crippen LogP contribution in [0.3, 0.4) is 0 Å². The van der Waals surface area contributed by atoms with Gasteiger partial charge in [0.15, 0.2) is 0 Å². The molecule has 88 valence electrons. The summed E-state index contributed by atoms with van der Waals surface area (Å²) in [6, 6.07) is 8.12. The Morgan fingerprint density at radius 2 is 2.25 bits per heavy atom. The summed E-state index contributed by atoms with van der Waals surface area (Å²) in [5.74, 6) is 0. The number of benzene rings is 1. The zero-order valence-electron chi connectivity index (χ0n) is 9.75. The molecule has 1 saturated heterocycles. The van der Waals surface area contributed by atoms with Gasteiger partial charge in [-0.3, -0.25) is 4.90 Å². The van der Waals surface area contributed by atoms with Crippen LogP contribution in [0.4, 0.5) is 0 Å². The van der Waals surface area contributed by atoms with Gasteiger partial charge in [0.2, 0.25) is 0 Å². The normalized spacial score (nSPS) is 26.9. The lowest BCUT2D eigenvalue weighted by molar-refractivity contribution is 0.0784. The van der Waals surface area contributed by atoms with Gasteiger partial charge in [-0.25, -0.2) is 0 Å². The van der Waals surface area contributed by atoms with Gasteiger partial charge in [0.05, 0.1) is 5.54 Å². The van der Waals surface area contributed by atoms with Gasteiger partial charge >= 0.3 is 0 Å². The summed E-state index contributed by atoms with van der Waals surface area (Å²) in [4.78, 5) is 2.38. The first-order valence-corrected chi connectivity index (χ1v) is 6.24. The van der Waals surface area contributed by atoms with E-state index in [0.717, 1.165) is 18.0 Å². The van der Waals surface area contributed by atoms with E-state index in [9.17, 15) is 0 Å². The maximum Gasteiger partial charge on any atom is 0.0581 e. The van der Waals surface area contributed by atoms with Crippen molar-refractivity contribution in [1.82, 2.24) is 4.90 Å². The summed E-state index contributed by atoms with van der Waals surface area (Å²) >= 11 is 6.07. The van der Waals surface area contributed by atoms with Crippen LogP contribution in [0.2, 0.25) is 5.02 Å². The van der Waals surface area contributed by atoms with Gasteiger partial charge < -0.3 is 5.73 Å². The molecule has 1 unspecified atom stereocenters. The van der Waals surface area contributed by atoms with E-state index in [1.807, 2.05) is 12.1 Å². The zero-order chi connectivity index (χ0) is 11.6. The second-order valence-corrected chi connectivity index (χ2v) is 5.06.